The molecular weight excluding hydrogens is 360 g/mol. The van der Waals surface area contributed by atoms with Crippen LogP contribution < -0.4 is 16.4 Å². The summed E-state index contributed by atoms with van der Waals surface area (Å²) >= 11 is 6.42. The number of nitrogens with zero attached hydrogens (tertiary/aromatic N) is 1. The second-order valence-corrected chi connectivity index (χ2v) is 7.08. The molecule has 1 aromatic carbocycles. The first-order chi connectivity index (χ1) is 12.8. The average Bonchev–Trinajstić information content (AvgIpc) is 2.59. The number of rotatable bonds is 8. The normalized spacial score (nSPS) is 11.7. The van der Waals surface area contributed by atoms with Crippen LogP contribution in [0.5, 0.6) is 0 Å². The van der Waals surface area contributed by atoms with Crippen LogP contribution in [-0.4, -0.2) is 24.7 Å². The Morgan fingerprint density at radius 1 is 1.30 bits per heavy atom. The highest BCUT2D eigenvalue weighted by Crippen LogP contribution is 2.34. The van der Waals surface area contributed by atoms with Crippen molar-refractivity contribution in [3.8, 4) is 12.3 Å². The molecule has 0 bridgehead atoms. The van der Waals surface area contributed by atoms with Crippen molar-refractivity contribution in [3.63, 3.8) is 0 Å². The van der Waals surface area contributed by atoms with Gasteiger partial charge in [-0.05, 0) is 50.5 Å². The van der Waals surface area contributed by atoms with Crippen LogP contribution in [0.4, 0.5) is 22.9 Å². The quantitative estimate of drug-likeness (QED) is 0.567. The second-order valence-electron chi connectivity index (χ2n) is 6.68. The molecule has 1 aromatic heterocycles. The van der Waals surface area contributed by atoms with Gasteiger partial charge < -0.3 is 21.1 Å². The third-order valence-corrected chi connectivity index (χ3v) is 4.52. The fourth-order valence-corrected chi connectivity index (χ4v) is 3.33. The monoisotopic (exact) mass is 386 g/mol. The molecule has 0 aliphatic carbocycles. The zero-order valence-electron chi connectivity index (χ0n) is 16.3. The number of nitrogen functional groups attached to an aromatic ring is 1. The van der Waals surface area contributed by atoms with E-state index in [4.69, 9.17) is 28.5 Å². The third-order valence-electron chi connectivity index (χ3n) is 4.23. The summed E-state index contributed by atoms with van der Waals surface area (Å²) in [7, 11) is 1.67. The molecule has 5 nitrogen and oxygen atoms in total. The molecule has 144 valence electrons. The third kappa shape index (κ3) is 5.53. The summed E-state index contributed by atoms with van der Waals surface area (Å²) in [4.78, 5) is 4.55. The van der Waals surface area contributed by atoms with Crippen LogP contribution >= 0.6 is 11.6 Å². The number of hydrogen-bond donors (Lipinski definition) is 3. The molecule has 0 fully saturated rings. The van der Waals surface area contributed by atoms with Gasteiger partial charge in [0, 0.05) is 19.2 Å². The lowest BCUT2D eigenvalue weighted by Gasteiger charge is -2.22. The fourth-order valence-electron chi connectivity index (χ4n) is 2.97. The first-order valence-electron chi connectivity index (χ1n) is 8.85. The van der Waals surface area contributed by atoms with Gasteiger partial charge in [0.25, 0.3) is 0 Å². The second kappa shape index (κ2) is 9.50. The molecule has 4 N–H and O–H groups in total. The molecule has 2 aromatic rings. The van der Waals surface area contributed by atoms with E-state index in [1.807, 2.05) is 32.9 Å². The van der Waals surface area contributed by atoms with Gasteiger partial charge in [-0.1, -0.05) is 17.7 Å². The maximum atomic E-state index is 6.42. The van der Waals surface area contributed by atoms with E-state index in [2.05, 4.69) is 27.6 Å². The number of nitrogens with one attached hydrogen (secondary N) is 2. The minimum atomic E-state index is 0.0627. The number of benzene rings is 1. The average molecular weight is 387 g/mol. The van der Waals surface area contributed by atoms with E-state index in [1.54, 1.807) is 7.11 Å². The number of halogens is 1. The van der Waals surface area contributed by atoms with Crippen molar-refractivity contribution in [2.45, 2.75) is 39.7 Å². The first-order valence-corrected chi connectivity index (χ1v) is 9.23. The van der Waals surface area contributed by atoms with Crippen molar-refractivity contribution in [1.82, 2.24) is 4.98 Å². The lowest BCUT2D eigenvalue weighted by molar-refractivity contribution is 0.183. The lowest BCUT2D eigenvalue weighted by atomic mass is 10.1. The number of hydrogen-bond acceptors (Lipinski definition) is 5. The minimum absolute atomic E-state index is 0.0627. The Kier molecular flexibility index (Phi) is 7.35. The van der Waals surface area contributed by atoms with E-state index >= 15 is 0 Å². The summed E-state index contributed by atoms with van der Waals surface area (Å²) < 4.78 is 5.29. The van der Waals surface area contributed by atoms with E-state index < -0.39 is 0 Å². The minimum Gasteiger partial charge on any atom is -0.394 e. The smallest absolute Gasteiger partial charge is 0.156 e. The Bertz CT molecular complexity index is 822. The molecule has 0 saturated heterocycles. The van der Waals surface area contributed by atoms with Crippen LogP contribution in [0.2, 0.25) is 5.02 Å². The molecule has 0 amide bonds. The Hall–Kier alpha value is -2.42. The number of aryl methyl sites for hydroxylation is 3. The molecule has 0 aliphatic rings. The number of anilines is 4. The number of pyridine rings is 1. The van der Waals surface area contributed by atoms with E-state index in [9.17, 15) is 0 Å². The molecule has 2 rings (SSSR count). The van der Waals surface area contributed by atoms with Crippen LogP contribution in [0.25, 0.3) is 0 Å². The van der Waals surface area contributed by atoms with Crippen LogP contribution in [-0.2, 0) is 4.74 Å². The van der Waals surface area contributed by atoms with Gasteiger partial charge in [-0.25, -0.2) is 4.98 Å². The molecule has 1 heterocycles. The zero-order chi connectivity index (χ0) is 20.0. The highest BCUT2D eigenvalue weighted by Gasteiger charge is 2.15. The van der Waals surface area contributed by atoms with Gasteiger partial charge in [0.05, 0.1) is 34.7 Å². The topological polar surface area (TPSA) is 72.2 Å². The van der Waals surface area contributed by atoms with Crippen molar-refractivity contribution in [2.24, 2.45) is 0 Å². The molecule has 0 saturated carbocycles. The molecule has 0 spiro atoms. The fraction of sp³-hybridized carbons (Fsp3) is 0.381. The standard InChI is InChI=1S/C21H27ClN4O/c1-6-7-8-16(12-27-5)25-18-11-15(4)24-21(19(18)23)26-20-14(3)9-13(2)10-17(20)22/h1,9-11,16H,7-8,12,23H2,2-5H3,(H2,24,25,26). The summed E-state index contributed by atoms with van der Waals surface area (Å²) in [5, 5.41) is 7.36. The van der Waals surface area contributed by atoms with E-state index in [0.29, 0.717) is 29.6 Å². The summed E-state index contributed by atoms with van der Waals surface area (Å²) in [6.45, 7) is 6.47. The highest BCUT2D eigenvalue weighted by molar-refractivity contribution is 6.33. The van der Waals surface area contributed by atoms with Crippen LogP contribution in [0.3, 0.4) is 0 Å². The highest BCUT2D eigenvalue weighted by atomic mass is 35.5. The SMILES string of the molecule is C#CCCC(COC)Nc1cc(C)nc(Nc2c(C)cc(C)cc2Cl)c1N. The Morgan fingerprint density at radius 2 is 2.04 bits per heavy atom. The summed E-state index contributed by atoms with van der Waals surface area (Å²) in [6, 6.07) is 5.96. The van der Waals surface area contributed by atoms with Gasteiger partial charge in [-0.3, -0.25) is 0 Å². The molecule has 0 aliphatic heterocycles. The van der Waals surface area contributed by atoms with Crippen LogP contribution in [0.1, 0.15) is 29.7 Å². The molecule has 1 unspecified atom stereocenters. The largest absolute Gasteiger partial charge is 0.394 e. The zero-order valence-corrected chi connectivity index (χ0v) is 17.1. The number of aromatic nitrogens is 1. The van der Waals surface area contributed by atoms with Crippen LogP contribution in [0.15, 0.2) is 18.2 Å². The number of ether oxygens (including phenoxy) is 1. The van der Waals surface area contributed by atoms with Gasteiger partial charge in [0.2, 0.25) is 0 Å². The van der Waals surface area contributed by atoms with Crippen molar-refractivity contribution >= 4 is 34.5 Å². The lowest BCUT2D eigenvalue weighted by Crippen LogP contribution is -2.25. The van der Waals surface area contributed by atoms with E-state index in [-0.39, 0.29) is 6.04 Å². The maximum Gasteiger partial charge on any atom is 0.156 e. The number of methoxy groups -OCH3 is 1. The van der Waals surface area contributed by atoms with E-state index in [1.165, 1.54) is 0 Å². The molecule has 27 heavy (non-hydrogen) atoms. The summed E-state index contributed by atoms with van der Waals surface area (Å²) in [6.07, 6.45) is 6.84. The number of nitrogens with two attached hydrogens (primary N) is 1. The van der Waals surface area contributed by atoms with Gasteiger partial charge in [-0.2, -0.15) is 0 Å². The molecule has 1 atom stereocenters. The van der Waals surface area contributed by atoms with Crippen molar-refractivity contribution in [3.05, 3.63) is 40.0 Å². The Morgan fingerprint density at radius 3 is 2.67 bits per heavy atom. The molecular formula is C21H27ClN4O. The summed E-state index contributed by atoms with van der Waals surface area (Å²) in [5.41, 5.74) is 11.5. The first kappa shape index (κ1) is 20.9. The predicted octanol–water partition coefficient (Wildman–Crippen LogP) is 4.83. The van der Waals surface area contributed by atoms with Gasteiger partial charge in [-0.15, -0.1) is 12.3 Å². The predicted molar refractivity (Wildman–Crippen MR) is 115 cm³/mol. The van der Waals surface area contributed by atoms with Crippen molar-refractivity contribution in [2.75, 3.05) is 30.1 Å². The Balaban J connectivity index is 2.33. The molecule has 6 heteroatoms. The van der Waals surface area contributed by atoms with Gasteiger partial charge in [0.1, 0.15) is 0 Å². The number of terminal acetylenes is 1. The van der Waals surface area contributed by atoms with Crippen LogP contribution in [0, 0.1) is 33.1 Å². The van der Waals surface area contributed by atoms with Crippen molar-refractivity contribution in [1.29, 1.82) is 0 Å². The van der Waals surface area contributed by atoms with Gasteiger partial charge >= 0.3 is 0 Å². The van der Waals surface area contributed by atoms with Crippen molar-refractivity contribution < 1.29 is 4.74 Å². The van der Waals surface area contributed by atoms with E-state index in [0.717, 1.165) is 34.6 Å². The van der Waals surface area contributed by atoms with Gasteiger partial charge in [0.15, 0.2) is 5.82 Å². The Labute approximate surface area is 166 Å². The molecule has 0 radical (unpaired) electrons. The maximum absolute atomic E-state index is 6.42. The summed E-state index contributed by atoms with van der Waals surface area (Å²) in [5.74, 6) is 3.23.